The van der Waals surface area contributed by atoms with Crippen LogP contribution >= 0.6 is 11.8 Å². The number of hydrogen-bond donors (Lipinski definition) is 2. The Hall–Kier alpha value is -0.740. The van der Waals surface area contributed by atoms with Gasteiger partial charge >= 0.3 is 0 Å². The molecule has 0 aliphatic heterocycles. The lowest BCUT2D eigenvalue weighted by Crippen LogP contribution is -2.05. The second-order valence-electron chi connectivity index (χ2n) is 3.73. The zero-order chi connectivity index (χ0) is 11.4. The fraction of sp³-hybridized carbons (Fsp3) is 0.545. The van der Waals surface area contributed by atoms with Gasteiger partial charge in [-0.2, -0.15) is 11.8 Å². The second-order valence-corrected chi connectivity index (χ2v) is 5.16. The van der Waals surface area contributed by atoms with E-state index in [-0.39, 0.29) is 11.9 Å². The number of aliphatic hydroxyl groups excluding tert-OH is 1. The molecule has 0 fully saturated rings. The number of aliphatic hydroxyl groups is 1. The molecule has 0 amide bonds. The number of nitrogens with zero attached hydrogens (tertiary/aromatic N) is 1. The van der Waals surface area contributed by atoms with E-state index in [1.165, 1.54) is 0 Å². The Morgan fingerprint density at radius 3 is 2.80 bits per heavy atom. The first-order valence-electron chi connectivity index (χ1n) is 4.99. The van der Waals surface area contributed by atoms with Crippen molar-refractivity contribution in [2.45, 2.75) is 31.8 Å². The lowest BCUT2D eigenvalue weighted by molar-refractivity contribution is 0.300. The van der Waals surface area contributed by atoms with E-state index in [0.717, 1.165) is 28.3 Å². The standard InChI is InChI=1S/C11H18N2OS/c1-7-4-13-10(9(3)11(7)12)6-15-8(2)5-14/h4,8,14H,5-6H2,1-3H3,(H2,12,13). The van der Waals surface area contributed by atoms with Crippen LogP contribution in [0.1, 0.15) is 23.7 Å². The van der Waals surface area contributed by atoms with E-state index in [2.05, 4.69) is 4.98 Å². The minimum absolute atomic E-state index is 0.199. The monoisotopic (exact) mass is 226 g/mol. The third-order valence-corrected chi connectivity index (χ3v) is 3.60. The van der Waals surface area contributed by atoms with Crippen molar-refractivity contribution in [3.05, 3.63) is 23.0 Å². The second kappa shape index (κ2) is 5.37. The topological polar surface area (TPSA) is 59.1 Å². The molecule has 1 rings (SSSR count). The van der Waals surface area contributed by atoms with Crippen molar-refractivity contribution < 1.29 is 5.11 Å². The van der Waals surface area contributed by atoms with Gasteiger partial charge < -0.3 is 10.8 Å². The molecule has 1 aromatic rings. The fourth-order valence-electron chi connectivity index (χ4n) is 1.21. The molecule has 1 aromatic heterocycles. The van der Waals surface area contributed by atoms with Crippen molar-refractivity contribution in [1.29, 1.82) is 0 Å². The van der Waals surface area contributed by atoms with Crippen molar-refractivity contribution in [1.82, 2.24) is 4.98 Å². The Balaban J connectivity index is 2.74. The summed E-state index contributed by atoms with van der Waals surface area (Å²) in [5, 5.41) is 9.16. The van der Waals surface area contributed by atoms with E-state index >= 15 is 0 Å². The molecule has 4 heteroatoms. The quantitative estimate of drug-likeness (QED) is 0.823. The molecule has 3 nitrogen and oxygen atoms in total. The van der Waals surface area contributed by atoms with Crippen LogP contribution in [0.2, 0.25) is 0 Å². The van der Waals surface area contributed by atoms with E-state index in [9.17, 15) is 0 Å². The SMILES string of the molecule is Cc1cnc(CSC(C)CO)c(C)c1N. The molecule has 0 saturated heterocycles. The summed E-state index contributed by atoms with van der Waals surface area (Å²) >= 11 is 1.69. The molecule has 0 radical (unpaired) electrons. The summed E-state index contributed by atoms with van der Waals surface area (Å²) in [5.74, 6) is 0.804. The molecule has 1 unspecified atom stereocenters. The maximum atomic E-state index is 8.91. The molecule has 0 bridgehead atoms. The van der Waals surface area contributed by atoms with E-state index in [4.69, 9.17) is 10.8 Å². The number of pyridine rings is 1. The fourth-order valence-corrected chi connectivity index (χ4v) is 2.05. The van der Waals surface area contributed by atoms with Gasteiger partial charge in [-0.3, -0.25) is 4.98 Å². The summed E-state index contributed by atoms with van der Waals surface area (Å²) in [6, 6.07) is 0. The lowest BCUT2D eigenvalue weighted by atomic mass is 10.1. The minimum Gasteiger partial charge on any atom is -0.398 e. The molecule has 84 valence electrons. The van der Waals surface area contributed by atoms with Gasteiger partial charge in [-0.05, 0) is 25.0 Å². The van der Waals surface area contributed by atoms with Gasteiger partial charge in [-0.25, -0.2) is 0 Å². The Labute approximate surface area is 95.1 Å². The van der Waals surface area contributed by atoms with E-state index in [1.54, 1.807) is 11.8 Å². The van der Waals surface area contributed by atoms with E-state index < -0.39 is 0 Å². The zero-order valence-electron chi connectivity index (χ0n) is 9.45. The molecule has 1 heterocycles. The molecular formula is C11H18N2OS. The summed E-state index contributed by atoms with van der Waals surface area (Å²) in [4.78, 5) is 4.36. The van der Waals surface area contributed by atoms with Crippen LogP contribution in [-0.4, -0.2) is 21.9 Å². The van der Waals surface area contributed by atoms with E-state index in [0.29, 0.717) is 0 Å². The number of anilines is 1. The number of thioether (sulfide) groups is 1. The van der Waals surface area contributed by atoms with Gasteiger partial charge in [-0.1, -0.05) is 6.92 Å². The van der Waals surface area contributed by atoms with Crippen molar-refractivity contribution in [3.63, 3.8) is 0 Å². The van der Waals surface area contributed by atoms with Gasteiger partial charge in [-0.15, -0.1) is 0 Å². The van der Waals surface area contributed by atoms with Gasteiger partial charge in [0.05, 0.1) is 12.3 Å². The van der Waals surface area contributed by atoms with E-state index in [1.807, 2.05) is 27.0 Å². The number of nitrogen functional groups attached to an aromatic ring is 1. The van der Waals surface area contributed by atoms with Crippen LogP contribution < -0.4 is 5.73 Å². The largest absolute Gasteiger partial charge is 0.398 e. The first-order chi connectivity index (χ1) is 7.06. The number of rotatable bonds is 4. The highest BCUT2D eigenvalue weighted by molar-refractivity contribution is 7.99. The molecular weight excluding hydrogens is 208 g/mol. The number of nitrogens with two attached hydrogens (primary N) is 1. The van der Waals surface area contributed by atoms with Crippen LogP contribution in [0.4, 0.5) is 5.69 Å². The lowest BCUT2D eigenvalue weighted by Gasteiger charge is -2.11. The average Bonchev–Trinajstić information content (AvgIpc) is 2.24. The predicted molar refractivity (Wildman–Crippen MR) is 66.0 cm³/mol. The van der Waals surface area contributed by atoms with Crippen LogP contribution in [-0.2, 0) is 5.75 Å². The highest BCUT2D eigenvalue weighted by Gasteiger charge is 2.08. The third kappa shape index (κ3) is 3.11. The van der Waals surface area contributed by atoms with Crippen LogP contribution in [0, 0.1) is 13.8 Å². The molecule has 15 heavy (non-hydrogen) atoms. The van der Waals surface area contributed by atoms with Crippen molar-refractivity contribution in [3.8, 4) is 0 Å². The summed E-state index contributed by atoms with van der Waals surface area (Å²) in [7, 11) is 0. The normalized spacial score (nSPS) is 12.8. The summed E-state index contributed by atoms with van der Waals surface area (Å²) in [5.41, 5.74) is 9.86. The van der Waals surface area contributed by atoms with Gasteiger partial charge in [0, 0.05) is 22.9 Å². The van der Waals surface area contributed by atoms with Gasteiger partial charge in [0.25, 0.3) is 0 Å². The van der Waals surface area contributed by atoms with Crippen LogP contribution in [0.15, 0.2) is 6.20 Å². The summed E-state index contributed by atoms with van der Waals surface area (Å²) in [6.07, 6.45) is 1.81. The highest BCUT2D eigenvalue weighted by Crippen LogP contribution is 2.23. The molecule has 1 atom stereocenters. The molecule has 0 aromatic carbocycles. The Morgan fingerprint density at radius 2 is 2.20 bits per heavy atom. The average molecular weight is 226 g/mol. The molecule has 0 aliphatic carbocycles. The summed E-state index contributed by atoms with van der Waals surface area (Å²) in [6.45, 7) is 6.15. The maximum absolute atomic E-state index is 8.91. The smallest absolute Gasteiger partial charge is 0.0552 e. The predicted octanol–water partition coefficient (Wildman–Crippen LogP) is 1.89. The van der Waals surface area contributed by atoms with Gasteiger partial charge in [0.1, 0.15) is 0 Å². The highest BCUT2D eigenvalue weighted by atomic mass is 32.2. The number of hydrogen-bond acceptors (Lipinski definition) is 4. The van der Waals surface area contributed by atoms with Crippen molar-refractivity contribution >= 4 is 17.4 Å². The third-order valence-electron chi connectivity index (χ3n) is 2.44. The number of aryl methyl sites for hydroxylation is 1. The first kappa shape index (κ1) is 12.3. The Kier molecular flexibility index (Phi) is 4.42. The van der Waals surface area contributed by atoms with Crippen molar-refractivity contribution in [2.24, 2.45) is 0 Å². The molecule has 3 N–H and O–H groups in total. The van der Waals surface area contributed by atoms with Crippen LogP contribution in [0.5, 0.6) is 0 Å². The van der Waals surface area contributed by atoms with Gasteiger partial charge in [0.15, 0.2) is 0 Å². The molecule has 0 aliphatic rings. The summed E-state index contributed by atoms with van der Waals surface area (Å²) < 4.78 is 0. The molecule has 0 spiro atoms. The van der Waals surface area contributed by atoms with Crippen molar-refractivity contribution in [2.75, 3.05) is 12.3 Å². The minimum atomic E-state index is 0.199. The van der Waals surface area contributed by atoms with Gasteiger partial charge in [0.2, 0.25) is 0 Å². The van der Waals surface area contributed by atoms with Crippen LogP contribution in [0.25, 0.3) is 0 Å². The molecule has 0 saturated carbocycles. The maximum Gasteiger partial charge on any atom is 0.0552 e. The number of aromatic nitrogens is 1. The Bertz CT molecular complexity index is 342. The first-order valence-corrected chi connectivity index (χ1v) is 6.04. The Morgan fingerprint density at radius 1 is 1.53 bits per heavy atom. The zero-order valence-corrected chi connectivity index (χ0v) is 10.3. The van der Waals surface area contributed by atoms with Crippen LogP contribution in [0.3, 0.4) is 0 Å².